The monoisotopic (exact) mass is 334 g/mol. The molecule has 1 aliphatic carbocycles. The first-order valence-corrected chi connectivity index (χ1v) is 8.46. The van der Waals surface area contributed by atoms with Gasteiger partial charge >= 0.3 is 12.0 Å². The van der Waals surface area contributed by atoms with Gasteiger partial charge in [-0.25, -0.2) is 9.59 Å². The van der Waals surface area contributed by atoms with E-state index in [-0.39, 0.29) is 24.1 Å². The maximum atomic E-state index is 12.4. The molecule has 0 heterocycles. The Balaban J connectivity index is 1.83. The maximum absolute atomic E-state index is 12.4. The Kier molecular flexibility index (Phi) is 7.06. The minimum atomic E-state index is -0.303. The molecule has 2 N–H and O–H groups in total. The van der Waals surface area contributed by atoms with Gasteiger partial charge in [0.1, 0.15) is 6.10 Å². The van der Waals surface area contributed by atoms with Crippen molar-refractivity contribution in [3.63, 3.8) is 0 Å². The Morgan fingerprint density at radius 3 is 2.54 bits per heavy atom. The standard InChI is InChI=1S/C18H26N2O4/c1-3-19-18(22)20-14-8-10-15(11-9-14)24-17(21)16-7-5-4-6-13(16)12-23-2/h4-7,14-15H,3,8-12H2,1-2H3,(H2,19,20,22). The predicted molar refractivity (Wildman–Crippen MR) is 90.8 cm³/mol. The van der Waals surface area contributed by atoms with E-state index >= 15 is 0 Å². The number of nitrogens with one attached hydrogen (secondary N) is 2. The molecular weight excluding hydrogens is 308 g/mol. The zero-order chi connectivity index (χ0) is 17.4. The topological polar surface area (TPSA) is 76.7 Å². The van der Waals surface area contributed by atoms with E-state index in [1.54, 1.807) is 13.2 Å². The van der Waals surface area contributed by atoms with Gasteiger partial charge in [0.05, 0.1) is 12.2 Å². The molecule has 1 aliphatic rings. The highest BCUT2D eigenvalue weighted by molar-refractivity contribution is 5.91. The molecule has 1 aromatic carbocycles. The molecule has 2 rings (SSSR count). The summed E-state index contributed by atoms with van der Waals surface area (Å²) in [6, 6.07) is 7.34. The Morgan fingerprint density at radius 1 is 1.17 bits per heavy atom. The van der Waals surface area contributed by atoms with E-state index < -0.39 is 0 Å². The highest BCUT2D eigenvalue weighted by Gasteiger charge is 2.25. The molecule has 6 nitrogen and oxygen atoms in total. The van der Waals surface area contributed by atoms with Crippen molar-refractivity contribution in [2.24, 2.45) is 0 Å². The molecule has 2 amide bonds. The third kappa shape index (κ3) is 5.23. The van der Waals surface area contributed by atoms with Crippen LogP contribution in [0.3, 0.4) is 0 Å². The fraction of sp³-hybridized carbons (Fsp3) is 0.556. The number of hydrogen-bond acceptors (Lipinski definition) is 4. The third-order valence-electron chi connectivity index (χ3n) is 4.16. The van der Waals surface area contributed by atoms with Crippen molar-refractivity contribution in [3.05, 3.63) is 35.4 Å². The van der Waals surface area contributed by atoms with Crippen LogP contribution in [0.5, 0.6) is 0 Å². The largest absolute Gasteiger partial charge is 0.459 e. The second kappa shape index (κ2) is 9.27. The summed E-state index contributed by atoms with van der Waals surface area (Å²) in [6.45, 7) is 2.88. The number of carbonyl (C=O) groups is 2. The number of benzene rings is 1. The van der Waals surface area contributed by atoms with Gasteiger partial charge in [0.25, 0.3) is 0 Å². The highest BCUT2D eigenvalue weighted by atomic mass is 16.5. The molecule has 0 radical (unpaired) electrons. The lowest BCUT2D eigenvalue weighted by Gasteiger charge is -2.29. The molecule has 0 atom stereocenters. The normalized spacial score (nSPS) is 20.2. The zero-order valence-corrected chi connectivity index (χ0v) is 14.3. The van der Waals surface area contributed by atoms with Gasteiger partial charge in [-0.1, -0.05) is 18.2 Å². The van der Waals surface area contributed by atoms with Gasteiger partial charge in [-0.15, -0.1) is 0 Å². The average molecular weight is 334 g/mol. The van der Waals surface area contributed by atoms with Gasteiger partial charge in [-0.05, 0) is 44.2 Å². The van der Waals surface area contributed by atoms with E-state index in [1.807, 2.05) is 25.1 Å². The number of amides is 2. The van der Waals surface area contributed by atoms with Crippen molar-refractivity contribution in [2.45, 2.75) is 51.4 Å². The molecule has 0 saturated heterocycles. The number of esters is 1. The lowest BCUT2D eigenvalue weighted by molar-refractivity contribution is 0.0185. The first kappa shape index (κ1) is 18.3. The van der Waals surface area contributed by atoms with Gasteiger partial charge in [-0.2, -0.15) is 0 Å². The molecule has 0 spiro atoms. The fourth-order valence-corrected chi connectivity index (χ4v) is 2.94. The van der Waals surface area contributed by atoms with Crippen molar-refractivity contribution in [1.29, 1.82) is 0 Å². The lowest BCUT2D eigenvalue weighted by atomic mass is 9.93. The van der Waals surface area contributed by atoms with E-state index in [4.69, 9.17) is 9.47 Å². The molecule has 0 aliphatic heterocycles. The van der Waals surface area contributed by atoms with E-state index in [0.717, 1.165) is 31.2 Å². The zero-order valence-electron chi connectivity index (χ0n) is 14.3. The van der Waals surface area contributed by atoms with Crippen molar-refractivity contribution in [1.82, 2.24) is 10.6 Å². The average Bonchev–Trinajstić information content (AvgIpc) is 2.57. The molecule has 24 heavy (non-hydrogen) atoms. The van der Waals surface area contributed by atoms with Crippen LogP contribution >= 0.6 is 0 Å². The van der Waals surface area contributed by atoms with Gasteiger partial charge in [0.2, 0.25) is 0 Å². The van der Waals surface area contributed by atoms with Gasteiger partial charge < -0.3 is 20.1 Å². The summed E-state index contributed by atoms with van der Waals surface area (Å²) in [7, 11) is 1.60. The summed E-state index contributed by atoms with van der Waals surface area (Å²) in [6.07, 6.45) is 3.05. The number of urea groups is 1. The Bertz CT molecular complexity index is 554. The summed E-state index contributed by atoms with van der Waals surface area (Å²) in [4.78, 5) is 23.9. The van der Waals surface area contributed by atoms with Crippen molar-refractivity contribution < 1.29 is 19.1 Å². The van der Waals surface area contributed by atoms with Crippen LogP contribution in [0.2, 0.25) is 0 Å². The third-order valence-corrected chi connectivity index (χ3v) is 4.16. The van der Waals surface area contributed by atoms with Gasteiger partial charge in [-0.3, -0.25) is 0 Å². The first-order valence-electron chi connectivity index (χ1n) is 8.46. The molecular formula is C18H26N2O4. The van der Waals surface area contributed by atoms with E-state index in [2.05, 4.69) is 10.6 Å². The maximum Gasteiger partial charge on any atom is 0.338 e. The second-order valence-electron chi connectivity index (χ2n) is 5.97. The van der Waals surface area contributed by atoms with E-state index in [9.17, 15) is 9.59 Å². The lowest BCUT2D eigenvalue weighted by Crippen LogP contribution is -2.44. The Hall–Kier alpha value is -2.08. The molecule has 6 heteroatoms. The number of methoxy groups -OCH3 is 1. The SMILES string of the molecule is CCNC(=O)NC1CCC(OC(=O)c2ccccc2COC)CC1. The van der Waals surface area contributed by atoms with Gasteiger partial charge in [0, 0.05) is 19.7 Å². The minimum Gasteiger partial charge on any atom is -0.459 e. The van der Waals surface area contributed by atoms with Crippen LogP contribution in [0.15, 0.2) is 24.3 Å². The molecule has 0 aromatic heterocycles. The quantitative estimate of drug-likeness (QED) is 0.784. The predicted octanol–water partition coefficient (Wildman–Crippen LogP) is 2.62. The van der Waals surface area contributed by atoms with Crippen LogP contribution in [-0.2, 0) is 16.1 Å². The summed E-state index contributed by atoms with van der Waals surface area (Å²) in [5.74, 6) is -0.303. The Morgan fingerprint density at radius 2 is 1.88 bits per heavy atom. The number of rotatable bonds is 6. The van der Waals surface area contributed by atoms with E-state index in [0.29, 0.717) is 18.7 Å². The van der Waals surface area contributed by atoms with Crippen LogP contribution < -0.4 is 10.6 Å². The van der Waals surface area contributed by atoms with Crippen LogP contribution in [-0.4, -0.2) is 37.8 Å². The van der Waals surface area contributed by atoms with Crippen LogP contribution in [0.4, 0.5) is 4.79 Å². The molecule has 1 saturated carbocycles. The number of ether oxygens (including phenoxy) is 2. The fourth-order valence-electron chi connectivity index (χ4n) is 2.94. The highest BCUT2D eigenvalue weighted by Crippen LogP contribution is 2.23. The molecule has 0 bridgehead atoms. The van der Waals surface area contributed by atoms with Crippen LogP contribution in [0, 0.1) is 0 Å². The summed E-state index contributed by atoms with van der Waals surface area (Å²) >= 11 is 0. The molecule has 1 fully saturated rings. The number of hydrogen-bond donors (Lipinski definition) is 2. The minimum absolute atomic E-state index is 0.0969. The summed E-state index contributed by atoms with van der Waals surface area (Å²) in [5, 5.41) is 5.67. The van der Waals surface area contributed by atoms with Crippen LogP contribution in [0.1, 0.15) is 48.5 Å². The smallest absolute Gasteiger partial charge is 0.338 e. The van der Waals surface area contributed by atoms with E-state index in [1.165, 1.54) is 0 Å². The molecule has 0 unspecified atom stereocenters. The molecule has 132 valence electrons. The van der Waals surface area contributed by atoms with Crippen molar-refractivity contribution >= 4 is 12.0 Å². The first-order chi connectivity index (χ1) is 11.6. The van der Waals surface area contributed by atoms with Gasteiger partial charge in [0.15, 0.2) is 0 Å². The molecule has 1 aromatic rings. The summed E-state index contributed by atoms with van der Waals surface area (Å²) < 4.78 is 10.8. The van der Waals surface area contributed by atoms with Crippen molar-refractivity contribution in [3.8, 4) is 0 Å². The second-order valence-corrected chi connectivity index (χ2v) is 5.97. The van der Waals surface area contributed by atoms with Crippen molar-refractivity contribution in [2.75, 3.05) is 13.7 Å². The van der Waals surface area contributed by atoms with Crippen LogP contribution in [0.25, 0.3) is 0 Å². The number of carbonyl (C=O) groups excluding carboxylic acids is 2. The summed E-state index contributed by atoms with van der Waals surface area (Å²) in [5.41, 5.74) is 1.39. The Labute approximate surface area is 142 Å².